The van der Waals surface area contributed by atoms with Crippen LogP contribution in [-0.4, -0.2) is 12.6 Å². The van der Waals surface area contributed by atoms with Crippen molar-refractivity contribution in [2.24, 2.45) is 0 Å². The number of carbonyl (C=O) groups excluding carboxylic acids is 1. The number of nitrogens with one attached hydrogen (secondary N) is 1. The molecule has 0 aliphatic heterocycles. The van der Waals surface area contributed by atoms with E-state index in [1.807, 2.05) is 42.5 Å². The van der Waals surface area contributed by atoms with Crippen LogP contribution in [0.15, 0.2) is 108 Å². The molecule has 1 amide bonds. The van der Waals surface area contributed by atoms with Crippen molar-refractivity contribution in [2.45, 2.75) is 64.4 Å². The molecule has 0 bridgehead atoms. The summed E-state index contributed by atoms with van der Waals surface area (Å²) in [6, 6.07) is 30.6. The first-order chi connectivity index (χ1) is 17.6. The highest BCUT2D eigenvalue weighted by molar-refractivity contribution is 5.67. The Hall–Kier alpha value is -3.55. The average Bonchev–Trinajstić information content (AvgIpc) is 2.93. The summed E-state index contributed by atoms with van der Waals surface area (Å²) in [4.78, 5) is 12.7. The molecule has 36 heavy (non-hydrogen) atoms. The summed E-state index contributed by atoms with van der Waals surface area (Å²) in [5.41, 5.74) is 7.64. The van der Waals surface area contributed by atoms with E-state index in [1.165, 1.54) is 31.3 Å². The van der Waals surface area contributed by atoms with Gasteiger partial charge in [-0.25, -0.2) is 4.79 Å². The summed E-state index contributed by atoms with van der Waals surface area (Å²) in [5, 5.41) is 3.06. The highest BCUT2D eigenvalue weighted by atomic mass is 16.5. The molecule has 0 radical (unpaired) electrons. The molecule has 3 aromatic rings. The highest BCUT2D eigenvalue weighted by Gasteiger charge is 2.34. The summed E-state index contributed by atoms with van der Waals surface area (Å²) < 4.78 is 5.52. The topological polar surface area (TPSA) is 38.3 Å². The van der Waals surface area contributed by atoms with Crippen LogP contribution in [0.5, 0.6) is 0 Å². The molecule has 0 fully saturated rings. The Balaban J connectivity index is 1.82. The first-order valence-corrected chi connectivity index (χ1v) is 13.1. The highest BCUT2D eigenvalue weighted by Crippen LogP contribution is 2.36. The van der Waals surface area contributed by atoms with Crippen molar-refractivity contribution < 1.29 is 9.53 Å². The van der Waals surface area contributed by atoms with Gasteiger partial charge in [-0.15, -0.1) is 5.73 Å². The fourth-order valence-corrected chi connectivity index (χ4v) is 4.48. The van der Waals surface area contributed by atoms with E-state index in [1.54, 1.807) is 0 Å². The Bertz CT molecular complexity index is 1060. The van der Waals surface area contributed by atoms with Crippen LogP contribution in [0, 0.1) is 0 Å². The number of alkyl carbamates (subject to hydrolysis) is 1. The van der Waals surface area contributed by atoms with Crippen LogP contribution in [0.3, 0.4) is 0 Å². The molecule has 0 saturated heterocycles. The molecule has 0 saturated carbocycles. The lowest BCUT2D eigenvalue weighted by Gasteiger charge is -2.34. The number of carbonyl (C=O) groups is 1. The number of benzene rings is 3. The van der Waals surface area contributed by atoms with Crippen molar-refractivity contribution in [1.82, 2.24) is 5.32 Å². The first-order valence-electron chi connectivity index (χ1n) is 13.1. The number of amides is 1. The normalized spacial score (nSPS) is 10.8. The van der Waals surface area contributed by atoms with Gasteiger partial charge in [-0.3, -0.25) is 0 Å². The van der Waals surface area contributed by atoms with Gasteiger partial charge >= 0.3 is 6.09 Å². The first kappa shape index (κ1) is 27.0. The molecule has 3 nitrogen and oxygen atoms in total. The van der Waals surface area contributed by atoms with Crippen molar-refractivity contribution in [3.63, 3.8) is 0 Å². The van der Waals surface area contributed by atoms with E-state index in [0.717, 1.165) is 23.1 Å². The predicted octanol–water partition coefficient (Wildman–Crippen LogP) is 8.36. The molecule has 0 unspecified atom stereocenters. The Labute approximate surface area is 216 Å². The second-order valence-electron chi connectivity index (χ2n) is 9.37. The molecule has 0 heterocycles. The molecule has 1 N–H and O–H groups in total. The predicted molar refractivity (Wildman–Crippen MR) is 149 cm³/mol. The zero-order valence-electron chi connectivity index (χ0n) is 21.7. The summed E-state index contributed by atoms with van der Waals surface area (Å²) >= 11 is 0. The summed E-state index contributed by atoms with van der Waals surface area (Å²) in [6.45, 7) is 5.06. The number of unbranched alkanes of at least 4 members (excludes halogenated alkanes) is 3. The van der Waals surface area contributed by atoms with Gasteiger partial charge in [-0.1, -0.05) is 117 Å². The maximum absolute atomic E-state index is 12.7. The number of hydrogen-bond acceptors (Lipinski definition) is 2. The van der Waals surface area contributed by atoms with Crippen LogP contribution >= 0.6 is 0 Å². The Morgan fingerprint density at radius 3 is 2.03 bits per heavy atom. The van der Waals surface area contributed by atoms with E-state index in [9.17, 15) is 4.79 Å². The fraction of sp³-hybridized carbons (Fsp3) is 0.333. The Morgan fingerprint density at radius 2 is 1.44 bits per heavy atom. The van der Waals surface area contributed by atoms with Crippen LogP contribution in [0.25, 0.3) is 0 Å². The monoisotopic (exact) mass is 481 g/mol. The maximum Gasteiger partial charge on any atom is 0.407 e. The van der Waals surface area contributed by atoms with Crippen molar-refractivity contribution in [1.29, 1.82) is 0 Å². The van der Waals surface area contributed by atoms with Gasteiger partial charge in [-0.2, -0.15) is 0 Å². The average molecular weight is 482 g/mol. The Kier molecular flexibility index (Phi) is 11.1. The van der Waals surface area contributed by atoms with Gasteiger partial charge in [0.2, 0.25) is 0 Å². The summed E-state index contributed by atoms with van der Waals surface area (Å²) in [6.07, 6.45) is 8.52. The van der Waals surface area contributed by atoms with Crippen molar-refractivity contribution in [2.75, 3.05) is 6.54 Å². The molecule has 0 spiro atoms. The second-order valence-corrected chi connectivity index (χ2v) is 9.37. The number of hydrogen-bond donors (Lipinski definition) is 1. The standard InChI is InChI=1S/C33H39NO2/c1-3-4-5-9-17-28(2)18-16-25-33(30-21-12-7-13-22-30,31-23-14-8-15-24-31)27-34-32(35)36-26-29-19-10-6-11-20-29/h6-8,10-16,19-24H,3-5,9,17,25-27H2,1-2H3,(H,34,35). The van der Waals surface area contributed by atoms with Gasteiger partial charge in [-0.05, 0) is 54.5 Å². The van der Waals surface area contributed by atoms with Gasteiger partial charge in [0.25, 0.3) is 0 Å². The van der Waals surface area contributed by atoms with E-state index >= 15 is 0 Å². The second kappa shape index (κ2) is 14.8. The molecule has 0 aliphatic carbocycles. The van der Waals surface area contributed by atoms with Crippen LogP contribution < -0.4 is 5.32 Å². The largest absolute Gasteiger partial charge is 0.445 e. The van der Waals surface area contributed by atoms with E-state index in [-0.39, 0.29) is 6.61 Å². The van der Waals surface area contributed by atoms with Crippen LogP contribution in [0.4, 0.5) is 4.79 Å². The smallest absolute Gasteiger partial charge is 0.407 e. The lowest BCUT2D eigenvalue weighted by Crippen LogP contribution is -2.41. The molecule has 0 aliphatic rings. The molecular formula is C33H39NO2. The molecule has 3 rings (SSSR count). The van der Waals surface area contributed by atoms with Gasteiger partial charge < -0.3 is 10.1 Å². The number of allylic oxidation sites excluding steroid dienone is 1. The van der Waals surface area contributed by atoms with Crippen molar-refractivity contribution in [3.8, 4) is 0 Å². The third kappa shape index (κ3) is 8.29. The lowest BCUT2D eigenvalue weighted by atomic mass is 9.72. The van der Waals surface area contributed by atoms with Gasteiger partial charge in [0.05, 0.1) is 0 Å². The third-order valence-corrected chi connectivity index (χ3v) is 6.60. The lowest BCUT2D eigenvalue weighted by molar-refractivity contribution is 0.137. The molecule has 0 aromatic heterocycles. The van der Waals surface area contributed by atoms with Crippen molar-refractivity contribution >= 4 is 6.09 Å². The van der Waals surface area contributed by atoms with E-state index in [2.05, 4.69) is 79.5 Å². The molecule has 3 aromatic carbocycles. The minimum absolute atomic E-state index is 0.246. The van der Waals surface area contributed by atoms with Crippen LogP contribution in [-0.2, 0) is 16.8 Å². The fourth-order valence-electron chi connectivity index (χ4n) is 4.48. The maximum atomic E-state index is 12.7. The summed E-state index contributed by atoms with van der Waals surface area (Å²) in [7, 11) is 0. The molecule has 3 heteroatoms. The molecular weight excluding hydrogens is 442 g/mol. The van der Waals surface area contributed by atoms with E-state index in [4.69, 9.17) is 4.74 Å². The Morgan fingerprint density at radius 1 is 0.861 bits per heavy atom. The van der Waals surface area contributed by atoms with Crippen LogP contribution in [0.2, 0.25) is 0 Å². The quantitative estimate of drug-likeness (QED) is 0.197. The van der Waals surface area contributed by atoms with Gasteiger partial charge in [0.15, 0.2) is 0 Å². The zero-order valence-corrected chi connectivity index (χ0v) is 21.7. The van der Waals surface area contributed by atoms with Crippen LogP contribution in [0.1, 0.15) is 69.1 Å². The van der Waals surface area contributed by atoms with Gasteiger partial charge in [0.1, 0.15) is 6.61 Å². The SMILES string of the molecule is CCCCCCC(C)=C=CCC(CNC(=O)OCc1ccccc1)(c1ccccc1)c1ccccc1. The van der Waals surface area contributed by atoms with E-state index < -0.39 is 11.5 Å². The zero-order chi connectivity index (χ0) is 25.5. The van der Waals surface area contributed by atoms with E-state index in [0.29, 0.717) is 13.0 Å². The van der Waals surface area contributed by atoms with Crippen molar-refractivity contribution in [3.05, 3.63) is 125 Å². The minimum Gasteiger partial charge on any atom is -0.445 e. The molecule has 0 atom stereocenters. The number of ether oxygens (including phenoxy) is 1. The summed E-state index contributed by atoms with van der Waals surface area (Å²) in [5.74, 6) is 0. The van der Waals surface area contributed by atoms with Gasteiger partial charge in [0, 0.05) is 12.0 Å². The number of rotatable bonds is 13. The molecule has 188 valence electrons. The third-order valence-electron chi connectivity index (χ3n) is 6.60. The minimum atomic E-state index is -0.441.